The molecule has 1 aromatic carbocycles. The molecule has 1 rings (SSSR count). The molecule has 0 aliphatic carbocycles. The van der Waals surface area contributed by atoms with Crippen LogP contribution in [0.4, 0.5) is 0 Å². The van der Waals surface area contributed by atoms with E-state index in [1.807, 2.05) is 43.9 Å². The van der Waals surface area contributed by atoms with Crippen molar-refractivity contribution in [2.45, 2.75) is 26.8 Å². The van der Waals surface area contributed by atoms with Crippen molar-refractivity contribution < 1.29 is 9.53 Å². The molecule has 0 bridgehead atoms. The quantitative estimate of drug-likeness (QED) is 0.835. The molecule has 0 saturated heterocycles. The maximum Gasteiger partial charge on any atom is 0.254 e. The van der Waals surface area contributed by atoms with E-state index in [2.05, 4.69) is 15.9 Å². The fraction of sp³-hybridized carbons (Fsp3) is 0.500. The molecule has 18 heavy (non-hydrogen) atoms. The van der Waals surface area contributed by atoms with Gasteiger partial charge in [-0.1, -0.05) is 22.0 Å². The number of hydrogen-bond donors (Lipinski definition) is 0. The summed E-state index contributed by atoms with van der Waals surface area (Å²) in [6.45, 7) is 7.16. The molecule has 0 heterocycles. The summed E-state index contributed by atoms with van der Waals surface area (Å²) in [6, 6.07) is 5.85. The molecule has 0 N–H and O–H groups in total. The monoisotopic (exact) mass is 313 g/mol. The number of carbonyl (C=O) groups excluding carboxylic acids is 1. The summed E-state index contributed by atoms with van der Waals surface area (Å²) in [5, 5.41) is 0. The maximum absolute atomic E-state index is 12.5. The van der Waals surface area contributed by atoms with Gasteiger partial charge in [0.2, 0.25) is 0 Å². The number of nitrogens with zero attached hydrogens (tertiary/aromatic N) is 1. The first kappa shape index (κ1) is 15.2. The molecule has 0 radical (unpaired) electrons. The van der Waals surface area contributed by atoms with Crippen molar-refractivity contribution in [3.05, 3.63) is 33.8 Å². The average molecular weight is 314 g/mol. The Morgan fingerprint density at radius 1 is 1.50 bits per heavy atom. The van der Waals surface area contributed by atoms with E-state index < -0.39 is 0 Å². The van der Waals surface area contributed by atoms with E-state index in [1.54, 1.807) is 7.11 Å². The molecule has 0 aromatic heterocycles. The Labute approximate surface area is 117 Å². The number of carbonyl (C=O) groups is 1. The molecule has 0 aliphatic heterocycles. The number of aryl methyl sites for hydroxylation is 1. The number of benzene rings is 1. The van der Waals surface area contributed by atoms with E-state index in [-0.39, 0.29) is 11.9 Å². The molecule has 100 valence electrons. The highest BCUT2D eigenvalue weighted by atomic mass is 79.9. The summed E-state index contributed by atoms with van der Waals surface area (Å²) in [6.07, 6.45) is 0. The van der Waals surface area contributed by atoms with Crippen molar-refractivity contribution in [2.75, 3.05) is 20.3 Å². The summed E-state index contributed by atoms with van der Waals surface area (Å²) in [5.74, 6) is 0.0563. The number of amides is 1. The van der Waals surface area contributed by atoms with Gasteiger partial charge in [-0.05, 0) is 38.5 Å². The third-order valence-electron chi connectivity index (χ3n) is 2.97. The van der Waals surface area contributed by atoms with E-state index in [0.29, 0.717) is 13.2 Å². The van der Waals surface area contributed by atoms with Gasteiger partial charge in [-0.25, -0.2) is 0 Å². The number of hydrogen-bond acceptors (Lipinski definition) is 2. The molecular formula is C14H20BrNO2. The highest BCUT2D eigenvalue weighted by Gasteiger charge is 2.21. The minimum atomic E-state index is 0.0563. The third kappa shape index (κ3) is 3.56. The lowest BCUT2D eigenvalue weighted by Crippen LogP contribution is -2.41. The minimum absolute atomic E-state index is 0.0563. The van der Waals surface area contributed by atoms with Gasteiger partial charge in [0, 0.05) is 23.7 Å². The van der Waals surface area contributed by atoms with Gasteiger partial charge in [0.15, 0.2) is 0 Å². The first-order valence-corrected chi connectivity index (χ1v) is 6.86. The topological polar surface area (TPSA) is 29.5 Å². The largest absolute Gasteiger partial charge is 0.383 e. The second-order valence-electron chi connectivity index (χ2n) is 4.35. The number of ether oxygens (including phenoxy) is 1. The van der Waals surface area contributed by atoms with E-state index in [9.17, 15) is 4.79 Å². The fourth-order valence-electron chi connectivity index (χ4n) is 1.97. The lowest BCUT2D eigenvalue weighted by atomic mass is 10.1. The smallest absolute Gasteiger partial charge is 0.254 e. The Morgan fingerprint density at radius 2 is 2.17 bits per heavy atom. The minimum Gasteiger partial charge on any atom is -0.383 e. The summed E-state index contributed by atoms with van der Waals surface area (Å²) in [5.41, 5.74) is 1.74. The van der Waals surface area contributed by atoms with Crippen LogP contribution in [0.1, 0.15) is 29.8 Å². The van der Waals surface area contributed by atoms with E-state index in [0.717, 1.165) is 15.6 Å². The summed E-state index contributed by atoms with van der Waals surface area (Å²) in [4.78, 5) is 14.3. The first-order chi connectivity index (χ1) is 8.51. The van der Waals surface area contributed by atoms with Gasteiger partial charge >= 0.3 is 0 Å². The average Bonchev–Trinajstić information content (AvgIpc) is 2.33. The van der Waals surface area contributed by atoms with Crippen LogP contribution in [0, 0.1) is 6.92 Å². The number of likely N-dealkylation sites (N-methyl/N-ethyl adjacent to an activating group) is 1. The number of halogens is 1. The van der Waals surface area contributed by atoms with Gasteiger partial charge in [-0.15, -0.1) is 0 Å². The van der Waals surface area contributed by atoms with Gasteiger partial charge in [-0.3, -0.25) is 4.79 Å². The molecule has 1 unspecified atom stereocenters. The lowest BCUT2D eigenvalue weighted by molar-refractivity contribution is 0.0578. The Bertz CT molecular complexity index is 420. The zero-order chi connectivity index (χ0) is 13.7. The van der Waals surface area contributed by atoms with Crippen molar-refractivity contribution in [3.63, 3.8) is 0 Å². The molecule has 0 aliphatic rings. The highest BCUT2D eigenvalue weighted by molar-refractivity contribution is 9.10. The Balaban J connectivity index is 2.99. The SMILES string of the molecule is CCN(C(=O)c1cc(Br)ccc1C)C(C)COC. The maximum atomic E-state index is 12.5. The third-order valence-corrected chi connectivity index (χ3v) is 3.46. The number of rotatable bonds is 5. The summed E-state index contributed by atoms with van der Waals surface area (Å²) in [7, 11) is 1.65. The fourth-order valence-corrected chi connectivity index (χ4v) is 2.33. The Morgan fingerprint density at radius 3 is 2.72 bits per heavy atom. The van der Waals surface area contributed by atoms with Crippen LogP contribution in [0.3, 0.4) is 0 Å². The van der Waals surface area contributed by atoms with Gasteiger partial charge in [-0.2, -0.15) is 0 Å². The zero-order valence-corrected chi connectivity index (χ0v) is 13.0. The van der Waals surface area contributed by atoms with E-state index in [1.165, 1.54) is 0 Å². The molecule has 4 heteroatoms. The molecule has 0 saturated carbocycles. The van der Waals surface area contributed by atoms with Crippen LogP contribution in [0.25, 0.3) is 0 Å². The standard InChI is InChI=1S/C14H20BrNO2/c1-5-16(11(3)9-18-4)14(17)13-8-12(15)7-6-10(13)2/h6-8,11H,5,9H2,1-4H3. The Hall–Kier alpha value is -0.870. The van der Waals surface area contributed by atoms with Crippen LogP contribution >= 0.6 is 15.9 Å². The van der Waals surface area contributed by atoms with Crippen LogP contribution in [0.15, 0.2) is 22.7 Å². The van der Waals surface area contributed by atoms with Gasteiger partial charge < -0.3 is 9.64 Å². The van der Waals surface area contributed by atoms with Crippen LogP contribution in [0.2, 0.25) is 0 Å². The van der Waals surface area contributed by atoms with Crippen LogP contribution in [-0.2, 0) is 4.74 Å². The predicted molar refractivity (Wildman–Crippen MR) is 76.9 cm³/mol. The zero-order valence-electron chi connectivity index (χ0n) is 11.4. The van der Waals surface area contributed by atoms with Crippen molar-refractivity contribution in [1.29, 1.82) is 0 Å². The van der Waals surface area contributed by atoms with Crippen molar-refractivity contribution in [3.8, 4) is 0 Å². The molecule has 0 spiro atoms. The molecule has 1 amide bonds. The molecule has 0 fully saturated rings. The lowest BCUT2D eigenvalue weighted by Gasteiger charge is -2.28. The van der Waals surface area contributed by atoms with Gasteiger partial charge in [0.1, 0.15) is 0 Å². The van der Waals surface area contributed by atoms with Crippen LogP contribution < -0.4 is 0 Å². The molecule has 3 nitrogen and oxygen atoms in total. The first-order valence-electron chi connectivity index (χ1n) is 6.07. The second-order valence-corrected chi connectivity index (χ2v) is 5.27. The second kappa shape index (κ2) is 6.90. The summed E-state index contributed by atoms with van der Waals surface area (Å²) >= 11 is 3.41. The van der Waals surface area contributed by atoms with Gasteiger partial charge in [0.05, 0.1) is 12.6 Å². The number of methoxy groups -OCH3 is 1. The normalized spacial score (nSPS) is 12.3. The highest BCUT2D eigenvalue weighted by Crippen LogP contribution is 2.18. The molecule has 1 aromatic rings. The van der Waals surface area contributed by atoms with E-state index in [4.69, 9.17) is 4.74 Å². The predicted octanol–water partition coefficient (Wildman–Crippen LogP) is 3.25. The van der Waals surface area contributed by atoms with Crippen LogP contribution in [0.5, 0.6) is 0 Å². The van der Waals surface area contributed by atoms with Crippen molar-refractivity contribution in [2.24, 2.45) is 0 Å². The molecular weight excluding hydrogens is 294 g/mol. The van der Waals surface area contributed by atoms with Crippen LogP contribution in [-0.4, -0.2) is 37.1 Å². The molecule has 1 atom stereocenters. The Kier molecular flexibility index (Phi) is 5.82. The van der Waals surface area contributed by atoms with Gasteiger partial charge in [0.25, 0.3) is 5.91 Å². The van der Waals surface area contributed by atoms with Crippen molar-refractivity contribution >= 4 is 21.8 Å². The summed E-state index contributed by atoms with van der Waals surface area (Å²) < 4.78 is 6.05. The van der Waals surface area contributed by atoms with Crippen molar-refractivity contribution in [1.82, 2.24) is 4.90 Å². The van der Waals surface area contributed by atoms with E-state index >= 15 is 0 Å².